The monoisotopic (exact) mass is 362 g/mol. The highest BCUT2D eigenvalue weighted by molar-refractivity contribution is 7.80. The first-order chi connectivity index (χ1) is 11.9. The van der Waals surface area contributed by atoms with E-state index in [0.29, 0.717) is 49.1 Å². The molecule has 2 rings (SSSR count). The number of piperidine rings is 1. The Morgan fingerprint density at radius 3 is 2.36 bits per heavy atom. The zero-order chi connectivity index (χ0) is 18.4. The van der Waals surface area contributed by atoms with E-state index in [2.05, 4.69) is 19.2 Å². The number of likely N-dealkylation sites (tertiary alicyclic amines) is 1. The summed E-state index contributed by atoms with van der Waals surface area (Å²) in [5, 5.41) is 3.20. The van der Waals surface area contributed by atoms with Crippen LogP contribution >= 0.6 is 12.2 Å². The van der Waals surface area contributed by atoms with Gasteiger partial charge in [0, 0.05) is 18.7 Å². The molecule has 1 aliphatic rings. The van der Waals surface area contributed by atoms with E-state index >= 15 is 0 Å². The van der Waals surface area contributed by atoms with Crippen molar-refractivity contribution in [3.63, 3.8) is 0 Å². The van der Waals surface area contributed by atoms with Crippen molar-refractivity contribution in [2.75, 3.05) is 19.7 Å². The van der Waals surface area contributed by atoms with Crippen LogP contribution in [0.4, 0.5) is 0 Å². The van der Waals surface area contributed by atoms with Crippen LogP contribution in [0, 0.1) is 5.92 Å². The number of carbonyl (C=O) groups is 2. The summed E-state index contributed by atoms with van der Waals surface area (Å²) in [5.41, 5.74) is 1.79. The predicted molar refractivity (Wildman–Crippen MR) is 102 cm³/mol. The van der Waals surface area contributed by atoms with E-state index in [-0.39, 0.29) is 17.8 Å². The molecule has 1 aromatic carbocycles. The molecule has 1 aromatic rings. The number of hydrogen-bond acceptors (Lipinski definition) is 4. The Labute approximate surface area is 154 Å². The van der Waals surface area contributed by atoms with Crippen molar-refractivity contribution in [3.05, 3.63) is 35.4 Å². The van der Waals surface area contributed by atoms with E-state index < -0.39 is 0 Å². The molecule has 1 aliphatic heterocycles. The fourth-order valence-electron chi connectivity index (χ4n) is 2.85. The zero-order valence-electron chi connectivity index (χ0n) is 15.1. The lowest BCUT2D eigenvalue weighted by atomic mass is 9.97. The van der Waals surface area contributed by atoms with E-state index in [9.17, 15) is 9.59 Å². The van der Waals surface area contributed by atoms with Crippen molar-refractivity contribution < 1.29 is 14.3 Å². The third kappa shape index (κ3) is 5.26. The second-order valence-electron chi connectivity index (χ2n) is 6.55. The van der Waals surface area contributed by atoms with Crippen LogP contribution in [0.25, 0.3) is 0 Å². The van der Waals surface area contributed by atoms with E-state index in [0.717, 1.165) is 0 Å². The molecule has 136 valence electrons. The van der Waals surface area contributed by atoms with Gasteiger partial charge in [-0.05, 0) is 55.6 Å². The number of benzene rings is 1. The van der Waals surface area contributed by atoms with Gasteiger partial charge in [-0.3, -0.25) is 14.9 Å². The molecule has 1 heterocycles. The maximum absolute atomic E-state index is 12.3. The smallest absolute Gasteiger partial charge is 0.309 e. The molecular formula is C19H26N2O3S. The van der Waals surface area contributed by atoms with E-state index in [1.807, 2.05) is 36.1 Å². The molecule has 1 saturated heterocycles. The minimum absolute atomic E-state index is 0.0710. The van der Waals surface area contributed by atoms with Gasteiger partial charge in [0.1, 0.15) is 0 Å². The first-order valence-corrected chi connectivity index (χ1v) is 9.20. The summed E-state index contributed by atoms with van der Waals surface area (Å²) in [6.45, 7) is 7.74. The molecule has 0 radical (unpaired) electrons. The molecule has 25 heavy (non-hydrogen) atoms. The first-order valence-electron chi connectivity index (χ1n) is 8.79. The number of carbonyl (C=O) groups excluding carboxylic acids is 2. The van der Waals surface area contributed by atoms with Gasteiger partial charge in [-0.1, -0.05) is 26.0 Å². The van der Waals surface area contributed by atoms with Gasteiger partial charge in [0.05, 0.1) is 12.5 Å². The van der Waals surface area contributed by atoms with Crippen LogP contribution in [-0.2, 0) is 9.53 Å². The molecular weight excluding hydrogens is 336 g/mol. The second kappa shape index (κ2) is 8.94. The van der Waals surface area contributed by atoms with Crippen molar-refractivity contribution in [2.24, 2.45) is 5.92 Å². The van der Waals surface area contributed by atoms with Crippen LogP contribution in [0.2, 0.25) is 0 Å². The Bertz CT molecular complexity index is 620. The minimum Gasteiger partial charge on any atom is -0.466 e. The van der Waals surface area contributed by atoms with Gasteiger partial charge in [-0.2, -0.15) is 0 Å². The van der Waals surface area contributed by atoms with Crippen LogP contribution in [0.5, 0.6) is 0 Å². The van der Waals surface area contributed by atoms with Crippen LogP contribution in [0.1, 0.15) is 55.5 Å². The van der Waals surface area contributed by atoms with Gasteiger partial charge in [-0.15, -0.1) is 0 Å². The lowest BCUT2D eigenvalue weighted by Gasteiger charge is -2.32. The highest BCUT2D eigenvalue weighted by Gasteiger charge is 2.27. The molecule has 1 N–H and O–H groups in total. The fraction of sp³-hybridized carbons (Fsp3) is 0.526. The number of amides is 1. The maximum atomic E-state index is 12.3. The molecule has 0 bridgehead atoms. The maximum Gasteiger partial charge on any atom is 0.309 e. The quantitative estimate of drug-likeness (QED) is 0.659. The van der Waals surface area contributed by atoms with Crippen molar-refractivity contribution >= 4 is 29.2 Å². The predicted octanol–water partition coefficient (Wildman–Crippen LogP) is 3.10. The van der Waals surface area contributed by atoms with Crippen molar-refractivity contribution in [1.82, 2.24) is 10.2 Å². The lowest BCUT2D eigenvalue weighted by Crippen LogP contribution is -2.47. The van der Waals surface area contributed by atoms with Crippen LogP contribution in [0.15, 0.2) is 24.3 Å². The fourth-order valence-corrected chi connectivity index (χ4v) is 3.12. The summed E-state index contributed by atoms with van der Waals surface area (Å²) >= 11 is 5.35. The van der Waals surface area contributed by atoms with E-state index in [1.165, 1.54) is 5.56 Å². The van der Waals surface area contributed by atoms with Gasteiger partial charge in [0.25, 0.3) is 5.91 Å². The zero-order valence-corrected chi connectivity index (χ0v) is 15.9. The molecule has 6 heteroatoms. The number of rotatable bonds is 4. The van der Waals surface area contributed by atoms with Gasteiger partial charge >= 0.3 is 5.97 Å². The number of nitrogens with zero attached hydrogens (tertiary/aromatic N) is 1. The van der Waals surface area contributed by atoms with Crippen molar-refractivity contribution in [1.29, 1.82) is 0 Å². The molecule has 5 nitrogen and oxygen atoms in total. The van der Waals surface area contributed by atoms with E-state index in [1.54, 1.807) is 0 Å². The summed E-state index contributed by atoms with van der Waals surface area (Å²) in [7, 11) is 0. The molecule has 0 unspecified atom stereocenters. The average molecular weight is 362 g/mol. The van der Waals surface area contributed by atoms with Crippen LogP contribution in [0.3, 0.4) is 0 Å². The third-order valence-corrected chi connectivity index (χ3v) is 4.82. The highest BCUT2D eigenvalue weighted by atomic mass is 32.1. The first kappa shape index (κ1) is 19.4. The Balaban J connectivity index is 1.85. The highest BCUT2D eigenvalue weighted by Crippen LogP contribution is 2.19. The van der Waals surface area contributed by atoms with Crippen LogP contribution < -0.4 is 5.32 Å². The largest absolute Gasteiger partial charge is 0.466 e. The second-order valence-corrected chi connectivity index (χ2v) is 6.94. The minimum atomic E-state index is -0.201. The molecule has 0 saturated carbocycles. The normalized spacial score (nSPS) is 15.1. The molecule has 0 aromatic heterocycles. The number of hydrogen-bond donors (Lipinski definition) is 1. The summed E-state index contributed by atoms with van der Waals surface area (Å²) in [4.78, 5) is 26.0. The molecule has 0 aliphatic carbocycles. The van der Waals surface area contributed by atoms with Gasteiger partial charge < -0.3 is 9.64 Å². The average Bonchev–Trinajstić information content (AvgIpc) is 2.62. The van der Waals surface area contributed by atoms with Crippen molar-refractivity contribution in [3.8, 4) is 0 Å². The van der Waals surface area contributed by atoms with Gasteiger partial charge in [0.2, 0.25) is 0 Å². The molecule has 1 amide bonds. The summed E-state index contributed by atoms with van der Waals surface area (Å²) in [5.74, 6) is 0.0207. The third-order valence-electron chi connectivity index (χ3n) is 4.46. The Hall–Kier alpha value is -1.95. The van der Waals surface area contributed by atoms with Gasteiger partial charge in [0.15, 0.2) is 5.11 Å². The summed E-state index contributed by atoms with van der Waals surface area (Å²) in [6, 6.07) is 7.57. The summed E-state index contributed by atoms with van der Waals surface area (Å²) < 4.78 is 5.07. The number of thiocarbonyl (C=S) groups is 1. The molecule has 1 fully saturated rings. The summed E-state index contributed by atoms with van der Waals surface area (Å²) in [6.07, 6.45) is 1.38. The SMILES string of the molecule is CCOC(=O)C1CCN(C(=S)NC(=O)c2ccc(C(C)C)cc2)CC1. The number of esters is 1. The lowest BCUT2D eigenvalue weighted by molar-refractivity contribution is -0.149. The Morgan fingerprint density at radius 2 is 1.84 bits per heavy atom. The Kier molecular flexibility index (Phi) is 6.93. The van der Waals surface area contributed by atoms with Gasteiger partial charge in [-0.25, -0.2) is 0 Å². The topological polar surface area (TPSA) is 58.6 Å². The molecule has 0 atom stereocenters. The molecule has 0 spiro atoms. The van der Waals surface area contributed by atoms with Crippen LogP contribution in [-0.4, -0.2) is 41.6 Å². The Morgan fingerprint density at radius 1 is 1.24 bits per heavy atom. The van der Waals surface area contributed by atoms with E-state index in [4.69, 9.17) is 17.0 Å². The number of nitrogens with one attached hydrogen (secondary N) is 1. The van der Waals surface area contributed by atoms with Crippen molar-refractivity contribution in [2.45, 2.75) is 39.5 Å². The number of ether oxygens (including phenoxy) is 1. The standard InChI is InChI=1S/C19H26N2O3S/c1-4-24-18(23)16-9-11-21(12-10-16)19(25)20-17(22)15-7-5-14(6-8-15)13(2)3/h5-8,13,16H,4,9-12H2,1-3H3,(H,20,22,25).